The van der Waals surface area contributed by atoms with Crippen molar-refractivity contribution in [2.75, 3.05) is 0 Å². The average molecular weight is 239 g/mol. The molecule has 1 aromatic heterocycles. The van der Waals surface area contributed by atoms with Crippen LogP contribution in [0, 0.1) is 4.77 Å². The normalized spacial score (nSPS) is 18.9. The Morgan fingerprint density at radius 3 is 2.44 bits per heavy atom. The van der Waals surface area contributed by atoms with Crippen molar-refractivity contribution in [1.29, 1.82) is 0 Å². The molecule has 0 amide bonds. The molecule has 0 radical (unpaired) electrons. The van der Waals surface area contributed by atoms with Crippen molar-refractivity contribution in [3.05, 3.63) is 10.6 Å². The fourth-order valence-electron chi connectivity index (χ4n) is 2.51. The second-order valence-corrected chi connectivity index (χ2v) is 6.15. The Hall–Kier alpha value is -0.640. The fraction of sp³-hybridized carbons (Fsp3) is 0.833. The molecule has 1 aliphatic rings. The van der Waals surface area contributed by atoms with Gasteiger partial charge in [-0.05, 0) is 25.1 Å². The summed E-state index contributed by atoms with van der Waals surface area (Å²) in [4.78, 5) is 0. The number of hydrogen-bond acceptors (Lipinski definition) is 2. The summed E-state index contributed by atoms with van der Waals surface area (Å²) in [5.41, 5.74) is 0.0605. The largest absolute Gasteiger partial charge is 0.301 e. The van der Waals surface area contributed by atoms with E-state index in [1.165, 1.54) is 32.1 Å². The molecule has 0 bridgehead atoms. The summed E-state index contributed by atoms with van der Waals surface area (Å²) >= 11 is 5.37. The smallest absolute Gasteiger partial charge is 0.195 e. The maximum Gasteiger partial charge on any atom is 0.195 e. The Morgan fingerprint density at radius 1 is 1.25 bits per heavy atom. The monoisotopic (exact) mass is 239 g/mol. The van der Waals surface area contributed by atoms with Crippen LogP contribution < -0.4 is 0 Å². The van der Waals surface area contributed by atoms with Crippen molar-refractivity contribution < 1.29 is 0 Å². The average Bonchev–Trinajstić information content (AvgIpc) is 2.61. The minimum absolute atomic E-state index is 0.0605. The molecule has 0 spiro atoms. The third-order valence-electron chi connectivity index (χ3n) is 3.32. The Morgan fingerprint density at radius 2 is 1.88 bits per heavy atom. The molecule has 1 aliphatic carbocycles. The van der Waals surface area contributed by atoms with E-state index in [-0.39, 0.29) is 5.41 Å². The lowest BCUT2D eigenvalue weighted by Gasteiger charge is -2.27. The molecule has 1 N–H and O–H groups in total. The SMILES string of the molecule is CC(C)(C)c1n[nH]c(=S)n1C1CCCCC1. The molecule has 3 nitrogen and oxygen atoms in total. The lowest BCUT2D eigenvalue weighted by Crippen LogP contribution is -2.23. The molecule has 16 heavy (non-hydrogen) atoms. The van der Waals surface area contributed by atoms with Crippen molar-refractivity contribution in [3.8, 4) is 0 Å². The minimum Gasteiger partial charge on any atom is -0.301 e. The van der Waals surface area contributed by atoms with Crippen LogP contribution in [-0.2, 0) is 5.41 Å². The van der Waals surface area contributed by atoms with E-state index in [0.29, 0.717) is 6.04 Å². The van der Waals surface area contributed by atoms with Crippen LogP contribution in [0.25, 0.3) is 0 Å². The second-order valence-electron chi connectivity index (χ2n) is 5.76. The molecule has 0 unspecified atom stereocenters. The Labute approximate surface area is 102 Å². The van der Waals surface area contributed by atoms with Crippen LogP contribution in [0.1, 0.15) is 64.7 Å². The number of rotatable bonds is 1. The molecule has 0 atom stereocenters. The minimum atomic E-state index is 0.0605. The number of aromatic amines is 1. The Bertz CT molecular complexity index is 405. The summed E-state index contributed by atoms with van der Waals surface area (Å²) in [5, 5.41) is 7.36. The predicted molar refractivity (Wildman–Crippen MR) is 68.2 cm³/mol. The first-order valence-electron chi connectivity index (χ1n) is 6.17. The molecule has 2 rings (SSSR count). The number of aromatic nitrogens is 3. The molecule has 1 heterocycles. The van der Waals surface area contributed by atoms with Gasteiger partial charge in [0.2, 0.25) is 0 Å². The molecule has 1 aromatic rings. The zero-order valence-corrected chi connectivity index (χ0v) is 11.2. The van der Waals surface area contributed by atoms with Gasteiger partial charge in [-0.25, -0.2) is 0 Å². The van der Waals surface area contributed by atoms with Gasteiger partial charge >= 0.3 is 0 Å². The van der Waals surface area contributed by atoms with Gasteiger partial charge in [-0.1, -0.05) is 40.0 Å². The van der Waals surface area contributed by atoms with Crippen molar-refractivity contribution in [3.63, 3.8) is 0 Å². The molecule has 0 aliphatic heterocycles. The van der Waals surface area contributed by atoms with Crippen molar-refractivity contribution in [2.45, 2.75) is 64.3 Å². The van der Waals surface area contributed by atoms with E-state index in [9.17, 15) is 0 Å². The number of nitrogens with one attached hydrogen (secondary N) is 1. The summed E-state index contributed by atoms with van der Waals surface area (Å²) in [6.45, 7) is 6.58. The first kappa shape index (κ1) is 11.8. The lowest BCUT2D eigenvalue weighted by atomic mass is 9.92. The maximum absolute atomic E-state index is 5.37. The zero-order valence-electron chi connectivity index (χ0n) is 10.4. The highest BCUT2D eigenvalue weighted by atomic mass is 32.1. The van der Waals surface area contributed by atoms with Crippen LogP contribution in [0.4, 0.5) is 0 Å². The summed E-state index contributed by atoms with van der Waals surface area (Å²) < 4.78 is 3.05. The summed E-state index contributed by atoms with van der Waals surface area (Å²) in [7, 11) is 0. The summed E-state index contributed by atoms with van der Waals surface area (Å²) in [5.74, 6) is 1.10. The van der Waals surface area contributed by atoms with E-state index in [1.807, 2.05) is 0 Å². The first-order valence-corrected chi connectivity index (χ1v) is 6.58. The number of nitrogens with zero attached hydrogens (tertiary/aromatic N) is 2. The van der Waals surface area contributed by atoms with Gasteiger partial charge in [-0.3, -0.25) is 5.10 Å². The van der Waals surface area contributed by atoms with Crippen molar-refractivity contribution in [2.24, 2.45) is 0 Å². The Kier molecular flexibility index (Phi) is 3.19. The molecular formula is C12H21N3S. The highest BCUT2D eigenvalue weighted by molar-refractivity contribution is 7.71. The maximum atomic E-state index is 5.37. The Balaban J connectivity index is 2.38. The van der Waals surface area contributed by atoms with E-state index < -0.39 is 0 Å². The molecule has 0 saturated heterocycles. The van der Waals surface area contributed by atoms with E-state index in [4.69, 9.17) is 12.2 Å². The van der Waals surface area contributed by atoms with Crippen LogP contribution in [-0.4, -0.2) is 14.8 Å². The zero-order chi connectivity index (χ0) is 11.8. The van der Waals surface area contributed by atoms with Gasteiger partial charge in [0.05, 0.1) is 0 Å². The lowest BCUT2D eigenvalue weighted by molar-refractivity contribution is 0.328. The van der Waals surface area contributed by atoms with Crippen molar-refractivity contribution in [1.82, 2.24) is 14.8 Å². The molecular weight excluding hydrogens is 218 g/mol. The standard InChI is InChI=1S/C12H21N3S/c1-12(2,3)10-13-14-11(16)15(10)9-7-5-4-6-8-9/h9H,4-8H2,1-3H3,(H,14,16). The molecule has 4 heteroatoms. The van der Waals surface area contributed by atoms with E-state index in [0.717, 1.165) is 10.6 Å². The topological polar surface area (TPSA) is 33.6 Å². The van der Waals surface area contributed by atoms with Crippen LogP contribution in [0.2, 0.25) is 0 Å². The van der Waals surface area contributed by atoms with E-state index >= 15 is 0 Å². The van der Waals surface area contributed by atoms with Gasteiger partial charge < -0.3 is 4.57 Å². The van der Waals surface area contributed by atoms with Crippen molar-refractivity contribution >= 4 is 12.2 Å². The molecule has 1 saturated carbocycles. The number of hydrogen-bond donors (Lipinski definition) is 1. The van der Waals surface area contributed by atoms with Gasteiger partial charge in [-0.15, -0.1) is 0 Å². The third kappa shape index (κ3) is 2.21. The first-order chi connectivity index (χ1) is 7.50. The van der Waals surface area contributed by atoms with Gasteiger partial charge in [0, 0.05) is 11.5 Å². The van der Waals surface area contributed by atoms with E-state index in [1.54, 1.807) is 0 Å². The van der Waals surface area contributed by atoms with Crippen LogP contribution in [0.3, 0.4) is 0 Å². The summed E-state index contributed by atoms with van der Waals surface area (Å²) in [6.07, 6.45) is 6.50. The molecule has 1 fully saturated rings. The second kappa shape index (κ2) is 4.32. The van der Waals surface area contributed by atoms with E-state index in [2.05, 4.69) is 35.5 Å². The molecule has 0 aromatic carbocycles. The van der Waals surface area contributed by atoms with Crippen LogP contribution in [0.5, 0.6) is 0 Å². The predicted octanol–water partition coefficient (Wildman–Crippen LogP) is 3.74. The van der Waals surface area contributed by atoms with Gasteiger partial charge in [-0.2, -0.15) is 5.10 Å². The number of H-pyrrole nitrogens is 1. The highest BCUT2D eigenvalue weighted by Crippen LogP contribution is 2.32. The van der Waals surface area contributed by atoms with Crippen LogP contribution >= 0.6 is 12.2 Å². The fourth-order valence-corrected chi connectivity index (χ4v) is 2.79. The molecule has 90 valence electrons. The van der Waals surface area contributed by atoms with Gasteiger partial charge in [0.25, 0.3) is 0 Å². The quantitative estimate of drug-likeness (QED) is 0.757. The highest BCUT2D eigenvalue weighted by Gasteiger charge is 2.26. The third-order valence-corrected chi connectivity index (χ3v) is 3.60. The summed E-state index contributed by atoms with van der Waals surface area (Å²) in [6, 6.07) is 0.564. The van der Waals surface area contributed by atoms with Gasteiger partial charge in [0.15, 0.2) is 4.77 Å². The van der Waals surface area contributed by atoms with Crippen LogP contribution in [0.15, 0.2) is 0 Å². The van der Waals surface area contributed by atoms with Gasteiger partial charge in [0.1, 0.15) is 5.82 Å².